The van der Waals surface area contributed by atoms with E-state index in [0.717, 1.165) is 17.5 Å². The van der Waals surface area contributed by atoms with Crippen LogP contribution in [-0.4, -0.2) is 38.9 Å². The van der Waals surface area contributed by atoms with E-state index in [0.29, 0.717) is 30.6 Å². The largest absolute Gasteiger partial charge is 0.493 e. The molecule has 4 nitrogen and oxygen atoms in total. The summed E-state index contributed by atoms with van der Waals surface area (Å²) in [6, 6.07) is 5.65. The predicted molar refractivity (Wildman–Crippen MR) is 88.0 cm³/mol. The molecule has 0 fully saturated rings. The number of benzene rings is 1. The van der Waals surface area contributed by atoms with Gasteiger partial charge in [0, 0.05) is 31.5 Å². The molecule has 1 atom stereocenters. The molecule has 0 N–H and O–H groups in total. The summed E-state index contributed by atoms with van der Waals surface area (Å²) < 4.78 is 22.1. The Kier molecular flexibility index (Phi) is 8.54. The van der Waals surface area contributed by atoms with Gasteiger partial charge in [0.2, 0.25) is 0 Å². The molecular weight excluding hydrogens is 336 g/mol. The van der Waals surface area contributed by atoms with Crippen molar-refractivity contribution >= 4 is 15.9 Å². The number of halogens is 1. The SMILES string of the molecule is COCCCOc1cc(O[C@@H](CBr)C(C)C)ccc1OC. The van der Waals surface area contributed by atoms with Crippen LogP contribution in [0.2, 0.25) is 0 Å². The van der Waals surface area contributed by atoms with E-state index < -0.39 is 0 Å². The van der Waals surface area contributed by atoms with Crippen molar-refractivity contribution in [3.8, 4) is 17.2 Å². The Balaban J connectivity index is 2.74. The van der Waals surface area contributed by atoms with Crippen LogP contribution in [-0.2, 0) is 4.74 Å². The highest BCUT2D eigenvalue weighted by atomic mass is 79.9. The molecule has 5 heteroatoms. The van der Waals surface area contributed by atoms with E-state index in [1.807, 2.05) is 18.2 Å². The highest BCUT2D eigenvalue weighted by Gasteiger charge is 2.15. The zero-order chi connectivity index (χ0) is 15.7. The van der Waals surface area contributed by atoms with Crippen LogP contribution in [0.5, 0.6) is 17.2 Å². The third-order valence-corrected chi connectivity index (χ3v) is 3.71. The molecule has 21 heavy (non-hydrogen) atoms. The zero-order valence-corrected chi connectivity index (χ0v) is 14.8. The number of alkyl halides is 1. The minimum atomic E-state index is 0.125. The number of hydrogen-bond acceptors (Lipinski definition) is 4. The van der Waals surface area contributed by atoms with Crippen LogP contribution in [0.1, 0.15) is 20.3 Å². The first-order chi connectivity index (χ1) is 10.1. The van der Waals surface area contributed by atoms with Gasteiger partial charge in [-0.2, -0.15) is 0 Å². The van der Waals surface area contributed by atoms with Crippen molar-refractivity contribution in [3.05, 3.63) is 18.2 Å². The van der Waals surface area contributed by atoms with Gasteiger partial charge in [-0.3, -0.25) is 0 Å². The maximum atomic E-state index is 5.99. The molecule has 0 spiro atoms. The van der Waals surface area contributed by atoms with E-state index in [2.05, 4.69) is 29.8 Å². The van der Waals surface area contributed by atoms with E-state index in [1.54, 1.807) is 14.2 Å². The van der Waals surface area contributed by atoms with E-state index in [4.69, 9.17) is 18.9 Å². The first-order valence-corrected chi connectivity index (χ1v) is 8.26. The lowest BCUT2D eigenvalue weighted by Gasteiger charge is -2.21. The summed E-state index contributed by atoms with van der Waals surface area (Å²) in [6.07, 6.45) is 0.959. The van der Waals surface area contributed by atoms with Crippen LogP contribution in [0.25, 0.3) is 0 Å². The Morgan fingerprint density at radius 3 is 2.43 bits per heavy atom. The van der Waals surface area contributed by atoms with Crippen LogP contribution in [0.15, 0.2) is 18.2 Å². The molecule has 0 aliphatic carbocycles. The normalized spacial score (nSPS) is 12.3. The van der Waals surface area contributed by atoms with Crippen molar-refractivity contribution in [1.82, 2.24) is 0 Å². The van der Waals surface area contributed by atoms with E-state index in [9.17, 15) is 0 Å². The summed E-state index contributed by atoms with van der Waals surface area (Å²) in [5.74, 6) is 2.62. The highest BCUT2D eigenvalue weighted by molar-refractivity contribution is 9.09. The van der Waals surface area contributed by atoms with Crippen molar-refractivity contribution in [2.24, 2.45) is 5.92 Å². The molecule has 0 aromatic heterocycles. The molecule has 0 bridgehead atoms. The Labute approximate surface area is 135 Å². The molecule has 120 valence electrons. The number of hydrogen-bond donors (Lipinski definition) is 0. The van der Waals surface area contributed by atoms with Crippen molar-refractivity contribution < 1.29 is 18.9 Å². The zero-order valence-electron chi connectivity index (χ0n) is 13.2. The summed E-state index contributed by atoms with van der Waals surface area (Å²) >= 11 is 3.48. The topological polar surface area (TPSA) is 36.9 Å². The second kappa shape index (κ2) is 9.90. The molecule has 0 radical (unpaired) electrons. The van der Waals surface area contributed by atoms with Crippen LogP contribution >= 0.6 is 15.9 Å². The Bertz CT molecular complexity index is 409. The van der Waals surface area contributed by atoms with Gasteiger partial charge in [0.25, 0.3) is 0 Å². The van der Waals surface area contributed by atoms with Crippen LogP contribution in [0, 0.1) is 5.92 Å². The lowest BCUT2D eigenvalue weighted by atomic mass is 10.1. The number of methoxy groups -OCH3 is 2. The van der Waals surface area contributed by atoms with Crippen molar-refractivity contribution in [2.75, 3.05) is 32.8 Å². The fourth-order valence-corrected chi connectivity index (χ4v) is 2.63. The fourth-order valence-electron chi connectivity index (χ4n) is 1.75. The summed E-state index contributed by atoms with van der Waals surface area (Å²) in [5.41, 5.74) is 0. The van der Waals surface area contributed by atoms with Crippen molar-refractivity contribution in [2.45, 2.75) is 26.4 Å². The summed E-state index contributed by atoms with van der Waals surface area (Å²) in [5, 5.41) is 0.792. The van der Waals surface area contributed by atoms with E-state index >= 15 is 0 Å². The van der Waals surface area contributed by atoms with Gasteiger partial charge in [-0.05, 0) is 18.1 Å². The molecule has 0 unspecified atom stereocenters. The standard InChI is InChI=1S/C16H25BrO4/c1-12(2)16(11-17)21-13-6-7-14(19-4)15(10-13)20-9-5-8-18-3/h6-7,10,12,16H,5,8-9,11H2,1-4H3/t16-/m0/s1. The molecule has 0 aliphatic heterocycles. The summed E-state index contributed by atoms with van der Waals surface area (Å²) in [4.78, 5) is 0. The molecule has 0 heterocycles. The van der Waals surface area contributed by atoms with Crippen LogP contribution in [0.4, 0.5) is 0 Å². The molecule has 1 rings (SSSR count). The van der Waals surface area contributed by atoms with Gasteiger partial charge >= 0.3 is 0 Å². The van der Waals surface area contributed by atoms with Gasteiger partial charge in [-0.25, -0.2) is 0 Å². The molecular formula is C16H25BrO4. The molecule has 0 amide bonds. The quantitative estimate of drug-likeness (QED) is 0.468. The van der Waals surface area contributed by atoms with Crippen LogP contribution in [0.3, 0.4) is 0 Å². The summed E-state index contributed by atoms with van der Waals surface area (Å²) in [7, 11) is 3.31. The van der Waals surface area contributed by atoms with E-state index in [1.165, 1.54) is 0 Å². The van der Waals surface area contributed by atoms with E-state index in [-0.39, 0.29) is 6.10 Å². The first-order valence-electron chi connectivity index (χ1n) is 7.14. The fraction of sp³-hybridized carbons (Fsp3) is 0.625. The molecule has 0 saturated carbocycles. The molecule has 0 saturated heterocycles. The highest BCUT2D eigenvalue weighted by Crippen LogP contribution is 2.32. The maximum Gasteiger partial charge on any atom is 0.164 e. The number of rotatable bonds is 10. The summed E-state index contributed by atoms with van der Waals surface area (Å²) in [6.45, 7) is 5.53. The van der Waals surface area contributed by atoms with Crippen LogP contribution < -0.4 is 14.2 Å². The van der Waals surface area contributed by atoms with Crippen molar-refractivity contribution in [3.63, 3.8) is 0 Å². The maximum absolute atomic E-state index is 5.99. The monoisotopic (exact) mass is 360 g/mol. The third kappa shape index (κ3) is 6.14. The number of ether oxygens (including phenoxy) is 4. The lowest BCUT2D eigenvalue weighted by molar-refractivity contribution is 0.167. The van der Waals surface area contributed by atoms with Gasteiger partial charge in [-0.15, -0.1) is 0 Å². The molecule has 1 aromatic rings. The van der Waals surface area contributed by atoms with Gasteiger partial charge in [0.05, 0.1) is 13.7 Å². The predicted octanol–water partition coefficient (Wildman–Crippen LogP) is 3.91. The van der Waals surface area contributed by atoms with Gasteiger partial charge in [0.15, 0.2) is 11.5 Å². The minimum absolute atomic E-state index is 0.125. The van der Waals surface area contributed by atoms with Gasteiger partial charge < -0.3 is 18.9 Å². The van der Waals surface area contributed by atoms with Crippen molar-refractivity contribution in [1.29, 1.82) is 0 Å². The third-order valence-electron chi connectivity index (χ3n) is 3.07. The average Bonchev–Trinajstić information content (AvgIpc) is 2.49. The Hall–Kier alpha value is -0.940. The molecule has 1 aromatic carbocycles. The lowest BCUT2D eigenvalue weighted by Crippen LogP contribution is -2.24. The second-order valence-corrected chi connectivity index (χ2v) is 5.71. The second-order valence-electron chi connectivity index (χ2n) is 5.06. The van der Waals surface area contributed by atoms with Gasteiger partial charge in [0.1, 0.15) is 11.9 Å². The smallest absolute Gasteiger partial charge is 0.164 e. The van der Waals surface area contributed by atoms with Gasteiger partial charge in [-0.1, -0.05) is 29.8 Å². The average molecular weight is 361 g/mol. The first kappa shape index (κ1) is 18.1. The minimum Gasteiger partial charge on any atom is -0.493 e. The Morgan fingerprint density at radius 2 is 1.86 bits per heavy atom. The molecule has 0 aliphatic rings. The Morgan fingerprint density at radius 1 is 1.10 bits per heavy atom.